The van der Waals surface area contributed by atoms with Gasteiger partial charge in [0.25, 0.3) is 5.56 Å². The van der Waals surface area contributed by atoms with Gasteiger partial charge in [-0.25, -0.2) is 0 Å². The Kier molecular flexibility index (Phi) is 5.30. The van der Waals surface area contributed by atoms with Crippen molar-refractivity contribution in [3.8, 4) is 11.8 Å². The summed E-state index contributed by atoms with van der Waals surface area (Å²) in [6.45, 7) is 3.00. The lowest BCUT2D eigenvalue weighted by atomic mass is 9.84. The van der Waals surface area contributed by atoms with Gasteiger partial charge in [-0.2, -0.15) is 5.26 Å². The van der Waals surface area contributed by atoms with E-state index in [4.69, 9.17) is 38.4 Å². The molecule has 0 spiro atoms. The van der Waals surface area contributed by atoms with Crippen LogP contribution < -0.4 is 16.0 Å². The van der Waals surface area contributed by atoms with Crippen LogP contribution in [0.3, 0.4) is 0 Å². The van der Waals surface area contributed by atoms with Crippen LogP contribution in [0.25, 0.3) is 0 Å². The summed E-state index contributed by atoms with van der Waals surface area (Å²) in [7, 11) is 0. The number of ether oxygens (including phenoxy) is 2. The van der Waals surface area contributed by atoms with Crippen LogP contribution in [-0.2, 0) is 11.3 Å². The summed E-state index contributed by atoms with van der Waals surface area (Å²) < 4.78 is 13.0. The quantitative estimate of drug-likeness (QED) is 0.796. The average molecular weight is 432 g/mol. The summed E-state index contributed by atoms with van der Waals surface area (Å²) in [4.78, 5) is 13.5. The third-order valence-corrected chi connectivity index (χ3v) is 6.12. The molecule has 0 unspecified atom stereocenters. The monoisotopic (exact) mass is 431 g/mol. The maximum Gasteiger partial charge on any atom is 0.258 e. The van der Waals surface area contributed by atoms with Gasteiger partial charge in [-0.1, -0.05) is 29.3 Å². The molecule has 2 atom stereocenters. The van der Waals surface area contributed by atoms with Crippen LogP contribution in [0.2, 0.25) is 10.0 Å². The number of halogens is 2. The summed E-state index contributed by atoms with van der Waals surface area (Å²) in [5.74, 6) is -0.363. The molecule has 3 heterocycles. The molecule has 6 nitrogen and oxygen atoms in total. The fourth-order valence-corrected chi connectivity index (χ4v) is 4.24. The maximum absolute atomic E-state index is 13.5. The average Bonchev–Trinajstić information content (AvgIpc) is 3.19. The van der Waals surface area contributed by atoms with Gasteiger partial charge in [-0.05, 0) is 37.5 Å². The number of aryl methyl sites for hydroxylation is 1. The van der Waals surface area contributed by atoms with Gasteiger partial charge >= 0.3 is 0 Å². The maximum atomic E-state index is 13.5. The molecule has 2 aliphatic rings. The van der Waals surface area contributed by atoms with E-state index >= 15 is 0 Å². The Balaban J connectivity index is 1.90. The first-order valence-corrected chi connectivity index (χ1v) is 10.0. The Hall–Kier alpha value is -2.46. The minimum Gasteiger partial charge on any atom is -0.440 e. The molecule has 150 valence electrons. The van der Waals surface area contributed by atoms with Crippen LogP contribution in [0.5, 0.6) is 5.75 Å². The second kappa shape index (κ2) is 7.75. The molecule has 0 amide bonds. The topological polar surface area (TPSA) is 90.3 Å². The molecule has 1 aromatic heterocycles. The highest BCUT2D eigenvalue weighted by Crippen LogP contribution is 2.41. The van der Waals surface area contributed by atoms with E-state index in [0.29, 0.717) is 40.1 Å². The van der Waals surface area contributed by atoms with Crippen molar-refractivity contribution < 1.29 is 9.47 Å². The molecular formula is C21H19Cl2N3O3. The van der Waals surface area contributed by atoms with Crippen molar-refractivity contribution in [2.24, 2.45) is 5.73 Å². The molecule has 1 aromatic carbocycles. The predicted octanol–water partition coefficient (Wildman–Crippen LogP) is 3.86. The van der Waals surface area contributed by atoms with Crippen LogP contribution in [-0.4, -0.2) is 17.3 Å². The van der Waals surface area contributed by atoms with E-state index in [-0.39, 0.29) is 23.1 Å². The third kappa shape index (κ3) is 3.51. The van der Waals surface area contributed by atoms with Gasteiger partial charge in [-0.15, -0.1) is 0 Å². The number of pyridine rings is 1. The highest BCUT2D eigenvalue weighted by atomic mass is 35.5. The van der Waals surface area contributed by atoms with Gasteiger partial charge in [0, 0.05) is 18.4 Å². The minimum atomic E-state index is -0.692. The summed E-state index contributed by atoms with van der Waals surface area (Å²) in [6, 6.07) is 8.89. The molecule has 2 aromatic rings. The molecule has 0 aliphatic carbocycles. The zero-order chi connectivity index (χ0) is 20.7. The van der Waals surface area contributed by atoms with Gasteiger partial charge in [0.15, 0.2) is 0 Å². The van der Waals surface area contributed by atoms with Crippen molar-refractivity contribution in [3.63, 3.8) is 0 Å². The number of fused-ring (bicyclic) bond motifs is 1. The molecule has 2 N–H and O–H groups in total. The van der Waals surface area contributed by atoms with E-state index in [9.17, 15) is 10.1 Å². The molecule has 0 bridgehead atoms. The van der Waals surface area contributed by atoms with Crippen molar-refractivity contribution in [2.45, 2.75) is 38.3 Å². The van der Waals surface area contributed by atoms with Crippen LogP contribution in [0.4, 0.5) is 0 Å². The first kappa shape index (κ1) is 19.8. The standard InChI is InChI=1S/C21H19Cl2N3O3/c1-11-7-17-19(21(27)26(11)10-13-3-2-6-28-13)18(14(9-24)20(25)29-17)12-4-5-15(22)16(23)8-12/h4-5,7-8,13,18H,2-3,6,10,25H2,1H3/t13-,18-/m1/s1. The molecule has 1 fully saturated rings. The molecular weight excluding hydrogens is 413 g/mol. The normalized spacial score (nSPS) is 20.9. The van der Waals surface area contributed by atoms with Crippen molar-refractivity contribution in [1.82, 2.24) is 4.57 Å². The summed E-state index contributed by atoms with van der Waals surface area (Å²) >= 11 is 12.3. The smallest absolute Gasteiger partial charge is 0.258 e. The largest absolute Gasteiger partial charge is 0.440 e. The third-order valence-electron chi connectivity index (χ3n) is 5.38. The number of nitrogens with zero attached hydrogens (tertiary/aromatic N) is 2. The SMILES string of the molecule is Cc1cc2c(c(=O)n1C[C@H]1CCCO1)[C@H](c1ccc(Cl)c(Cl)c1)C(C#N)=C(N)O2. The van der Waals surface area contributed by atoms with E-state index < -0.39 is 5.92 Å². The molecule has 8 heteroatoms. The second-order valence-electron chi connectivity index (χ2n) is 7.21. The lowest BCUT2D eigenvalue weighted by Crippen LogP contribution is -2.35. The van der Waals surface area contributed by atoms with Gasteiger partial charge in [-0.3, -0.25) is 4.79 Å². The van der Waals surface area contributed by atoms with Crippen molar-refractivity contribution >= 4 is 23.2 Å². The molecule has 4 rings (SSSR count). The number of rotatable bonds is 3. The van der Waals surface area contributed by atoms with Crippen molar-refractivity contribution in [1.29, 1.82) is 5.26 Å². The first-order chi connectivity index (χ1) is 13.9. The lowest BCUT2D eigenvalue weighted by Gasteiger charge is -2.28. The lowest BCUT2D eigenvalue weighted by molar-refractivity contribution is 0.0955. The Morgan fingerprint density at radius 1 is 1.31 bits per heavy atom. The fraction of sp³-hybridized carbons (Fsp3) is 0.333. The zero-order valence-electron chi connectivity index (χ0n) is 15.7. The Bertz CT molecular complexity index is 1110. The summed E-state index contributed by atoms with van der Waals surface area (Å²) in [5.41, 5.74) is 7.70. The number of hydrogen-bond donors (Lipinski definition) is 1. The van der Waals surface area contributed by atoms with E-state index in [1.807, 2.05) is 6.92 Å². The Morgan fingerprint density at radius 2 is 2.10 bits per heavy atom. The van der Waals surface area contributed by atoms with Gasteiger partial charge in [0.05, 0.1) is 34.2 Å². The molecule has 1 saturated heterocycles. The first-order valence-electron chi connectivity index (χ1n) is 9.29. The number of aromatic nitrogens is 1. The molecule has 2 aliphatic heterocycles. The molecule has 29 heavy (non-hydrogen) atoms. The highest BCUT2D eigenvalue weighted by Gasteiger charge is 2.35. The van der Waals surface area contributed by atoms with Crippen LogP contribution >= 0.6 is 23.2 Å². The fourth-order valence-electron chi connectivity index (χ4n) is 3.93. The second-order valence-corrected chi connectivity index (χ2v) is 8.03. The van der Waals surface area contributed by atoms with Gasteiger partial charge in [0.2, 0.25) is 5.88 Å². The summed E-state index contributed by atoms with van der Waals surface area (Å²) in [6.07, 6.45) is 1.89. The number of benzene rings is 1. The van der Waals surface area contributed by atoms with Gasteiger partial charge in [0.1, 0.15) is 17.4 Å². The molecule has 0 saturated carbocycles. The van der Waals surface area contributed by atoms with E-state index in [2.05, 4.69) is 6.07 Å². The number of nitrogens with two attached hydrogens (primary N) is 1. The summed E-state index contributed by atoms with van der Waals surface area (Å²) in [5, 5.41) is 10.5. The van der Waals surface area contributed by atoms with Crippen LogP contribution in [0, 0.1) is 18.3 Å². The van der Waals surface area contributed by atoms with E-state index in [0.717, 1.165) is 18.5 Å². The number of nitriles is 1. The van der Waals surface area contributed by atoms with Gasteiger partial charge < -0.3 is 19.8 Å². The highest BCUT2D eigenvalue weighted by molar-refractivity contribution is 6.42. The zero-order valence-corrected chi connectivity index (χ0v) is 17.3. The van der Waals surface area contributed by atoms with Crippen LogP contribution in [0.1, 0.15) is 35.6 Å². The molecule has 0 radical (unpaired) electrons. The van der Waals surface area contributed by atoms with Crippen molar-refractivity contribution in [3.05, 3.63) is 72.9 Å². The minimum absolute atomic E-state index is 0.00608. The van der Waals surface area contributed by atoms with E-state index in [1.165, 1.54) is 0 Å². The van der Waals surface area contributed by atoms with Crippen LogP contribution in [0.15, 0.2) is 40.5 Å². The Morgan fingerprint density at radius 3 is 2.76 bits per heavy atom. The Labute approximate surface area is 178 Å². The van der Waals surface area contributed by atoms with E-state index in [1.54, 1.807) is 28.8 Å². The van der Waals surface area contributed by atoms with Crippen molar-refractivity contribution in [2.75, 3.05) is 6.61 Å². The number of allylic oxidation sites excluding steroid dienone is 1. The number of hydrogen-bond acceptors (Lipinski definition) is 5. The predicted molar refractivity (Wildman–Crippen MR) is 110 cm³/mol.